The summed E-state index contributed by atoms with van der Waals surface area (Å²) in [5.74, 6) is -1.38. The molecule has 1 rings (SSSR count). The number of rotatable bonds is 3. The lowest BCUT2D eigenvalue weighted by Crippen LogP contribution is -2.28. The normalized spacial score (nSPS) is 11.5. The van der Waals surface area contributed by atoms with E-state index in [1.54, 1.807) is 5.48 Å². The number of nitrogens with one attached hydrogen (secondary N) is 1. The van der Waals surface area contributed by atoms with Crippen molar-refractivity contribution in [3.63, 3.8) is 0 Å². The smallest absolute Gasteiger partial charge is 0.212 e. The van der Waals surface area contributed by atoms with Crippen LogP contribution in [-0.4, -0.2) is 17.7 Å². The van der Waals surface area contributed by atoms with Crippen LogP contribution in [0, 0.1) is 11.6 Å². The fourth-order valence-corrected chi connectivity index (χ4v) is 1.10. The average Bonchev–Trinajstić information content (AvgIpc) is 2.16. The van der Waals surface area contributed by atoms with Gasteiger partial charge >= 0.3 is 0 Å². The van der Waals surface area contributed by atoms with Crippen molar-refractivity contribution >= 4 is 5.96 Å². The molecule has 6 heteroatoms. The van der Waals surface area contributed by atoms with Crippen LogP contribution in [0.25, 0.3) is 0 Å². The van der Waals surface area contributed by atoms with Crippen LogP contribution >= 0.6 is 0 Å². The Morgan fingerprint density at radius 3 is 2.47 bits per heavy atom. The predicted molar refractivity (Wildman–Crippen MR) is 51.5 cm³/mol. The number of hydrogen-bond acceptors (Lipinski definition) is 2. The van der Waals surface area contributed by atoms with Gasteiger partial charge in [-0.3, -0.25) is 10.2 Å². The molecule has 15 heavy (non-hydrogen) atoms. The predicted octanol–water partition coefficient (Wildman–Crippen LogP) is 0.801. The van der Waals surface area contributed by atoms with Gasteiger partial charge in [0.1, 0.15) is 11.6 Å². The van der Waals surface area contributed by atoms with Crippen molar-refractivity contribution in [2.24, 2.45) is 10.7 Å². The summed E-state index contributed by atoms with van der Waals surface area (Å²) in [5, 5.41) is 8.29. The first-order chi connectivity index (χ1) is 7.11. The van der Waals surface area contributed by atoms with Crippen molar-refractivity contribution in [1.29, 1.82) is 0 Å². The molecular weight excluding hydrogens is 204 g/mol. The summed E-state index contributed by atoms with van der Waals surface area (Å²) in [7, 11) is 0. The highest BCUT2D eigenvalue weighted by atomic mass is 19.1. The number of nitrogens with zero attached hydrogens (tertiary/aromatic N) is 1. The minimum atomic E-state index is -0.623. The summed E-state index contributed by atoms with van der Waals surface area (Å²) in [6, 6.07) is 3.25. The van der Waals surface area contributed by atoms with Crippen LogP contribution in [0.2, 0.25) is 0 Å². The number of guanidine groups is 1. The van der Waals surface area contributed by atoms with E-state index in [0.717, 1.165) is 6.07 Å². The average molecular weight is 215 g/mol. The second-order valence-electron chi connectivity index (χ2n) is 2.91. The van der Waals surface area contributed by atoms with E-state index in [0.29, 0.717) is 12.0 Å². The number of hydrogen-bond donors (Lipinski definition) is 3. The molecule has 1 aromatic carbocycles. The van der Waals surface area contributed by atoms with Crippen LogP contribution in [0.5, 0.6) is 0 Å². The molecule has 0 bridgehead atoms. The summed E-state index contributed by atoms with van der Waals surface area (Å²) in [4.78, 5) is 3.69. The van der Waals surface area contributed by atoms with Crippen LogP contribution in [0.4, 0.5) is 8.78 Å². The Morgan fingerprint density at radius 1 is 1.33 bits per heavy atom. The van der Waals surface area contributed by atoms with Gasteiger partial charge in [-0.25, -0.2) is 14.3 Å². The monoisotopic (exact) mass is 215 g/mol. The molecule has 82 valence electrons. The molecule has 0 fully saturated rings. The van der Waals surface area contributed by atoms with E-state index in [-0.39, 0.29) is 12.5 Å². The molecule has 0 radical (unpaired) electrons. The highest BCUT2D eigenvalue weighted by Gasteiger charge is 2.00. The van der Waals surface area contributed by atoms with Gasteiger partial charge in [-0.1, -0.05) is 0 Å². The molecule has 0 aliphatic carbocycles. The fraction of sp³-hybridized carbons (Fsp3) is 0.222. The maximum absolute atomic E-state index is 12.7. The molecule has 0 saturated heterocycles. The van der Waals surface area contributed by atoms with E-state index < -0.39 is 11.6 Å². The van der Waals surface area contributed by atoms with Crippen molar-refractivity contribution in [3.05, 3.63) is 35.4 Å². The molecule has 0 unspecified atom stereocenters. The van der Waals surface area contributed by atoms with Crippen LogP contribution in [0.15, 0.2) is 23.2 Å². The number of nitrogens with two attached hydrogens (primary N) is 1. The van der Waals surface area contributed by atoms with E-state index in [2.05, 4.69) is 4.99 Å². The zero-order chi connectivity index (χ0) is 11.3. The molecule has 0 amide bonds. The van der Waals surface area contributed by atoms with Gasteiger partial charge in [-0.2, -0.15) is 0 Å². The second kappa shape index (κ2) is 5.26. The van der Waals surface area contributed by atoms with Crippen molar-refractivity contribution < 1.29 is 14.0 Å². The Balaban J connectivity index is 2.58. The molecule has 4 nitrogen and oxygen atoms in total. The summed E-state index contributed by atoms with van der Waals surface area (Å²) < 4.78 is 25.5. The molecule has 4 N–H and O–H groups in total. The highest BCUT2D eigenvalue weighted by Crippen LogP contribution is 2.08. The highest BCUT2D eigenvalue weighted by molar-refractivity contribution is 5.76. The quantitative estimate of drug-likeness (QED) is 0.397. The molecule has 0 spiro atoms. The Bertz CT molecular complexity index is 348. The molecule has 0 atom stereocenters. The van der Waals surface area contributed by atoms with E-state index in [1.165, 1.54) is 12.1 Å². The van der Waals surface area contributed by atoms with E-state index in [4.69, 9.17) is 10.9 Å². The largest absolute Gasteiger partial charge is 0.368 e. The zero-order valence-corrected chi connectivity index (χ0v) is 7.87. The Morgan fingerprint density at radius 2 is 1.93 bits per heavy atom. The van der Waals surface area contributed by atoms with E-state index in [1.807, 2.05) is 0 Å². The first-order valence-electron chi connectivity index (χ1n) is 4.27. The standard InChI is InChI=1S/C9H11F2N3O/c10-7-3-6(4-8(11)5-7)1-2-13-9(12)14-15/h3-5,15H,1-2H2,(H3,12,13,14). The molecule has 0 aliphatic rings. The number of halogens is 2. The minimum Gasteiger partial charge on any atom is -0.368 e. The summed E-state index contributed by atoms with van der Waals surface area (Å²) in [5.41, 5.74) is 7.28. The lowest BCUT2D eigenvalue weighted by molar-refractivity contribution is 0.232. The second-order valence-corrected chi connectivity index (χ2v) is 2.91. The van der Waals surface area contributed by atoms with Gasteiger partial charge in [0, 0.05) is 12.6 Å². The molecule has 0 aliphatic heterocycles. The lowest BCUT2D eigenvalue weighted by atomic mass is 10.1. The van der Waals surface area contributed by atoms with Crippen LogP contribution in [-0.2, 0) is 6.42 Å². The van der Waals surface area contributed by atoms with Gasteiger partial charge in [0.25, 0.3) is 0 Å². The first kappa shape index (κ1) is 11.4. The topological polar surface area (TPSA) is 70.6 Å². The third kappa shape index (κ3) is 3.90. The third-order valence-corrected chi connectivity index (χ3v) is 1.72. The van der Waals surface area contributed by atoms with E-state index in [9.17, 15) is 8.78 Å². The fourth-order valence-electron chi connectivity index (χ4n) is 1.10. The van der Waals surface area contributed by atoms with Gasteiger partial charge in [-0.15, -0.1) is 0 Å². The number of aliphatic imine (C=N–C) groups is 1. The molecule has 0 aromatic heterocycles. The van der Waals surface area contributed by atoms with Crippen molar-refractivity contribution in [1.82, 2.24) is 5.48 Å². The summed E-state index contributed by atoms with van der Waals surface area (Å²) in [6.07, 6.45) is 0.344. The van der Waals surface area contributed by atoms with Crippen molar-refractivity contribution in [2.45, 2.75) is 6.42 Å². The molecule has 1 aromatic rings. The summed E-state index contributed by atoms with van der Waals surface area (Å²) >= 11 is 0. The summed E-state index contributed by atoms with van der Waals surface area (Å²) in [6.45, 7) is 0.238. The SMILES string of the molecule is NC(=NCCc1cc(F)cc(F)c1)NO. The van der Waals surface area contributed by atoms with Gasteiger partial charge in [0.15, 0.2) is 0 Å². The maximum atomic E-state index is 12.7. The molecular formula is C9H11F2N3O. The van der Waals surface area contributed by atoms with Gasteiger partial charge in [-0.05, 0) is 24.1 Å². The van der Waals surface area contributed by atoms with Crippen molar-refractivity contribution in [2.75, 3.05) is 6.54 Å². The van der Waals surface area contributed by atoms with E-state index >= 15 is 0 Å². The van der Waals surface area contributed by atoms with Gasteiger partial charge in [0.05, 0.1) is 0 Å². The van der Waals surface area contributed by atoms with Crippen LogP contribution in [0.3, 0.4) is 0 Å². The molecule has 0 saturated carbocycles. The number of hydroxylamine groups is 1. The lowest BCUT2D eigenvalue weighted by Gasteiger charge is -2.00. The first-order valence-corrected chi connectivity index (χ1v) is 4.27. The number of benzene rings is 1. The van der Waals surface area contributed by atoms with Gasteiger partial charge < -0.3 is 5.73 Å². The van der Waals surface area contributed by atoms with Crippen LogP contribution < -0.4 is 11.2 Å². The minimum absolute atomic E-state index is 0.133. The third-order valence-electron chi connectivity index (χ3n) is 1.72. The zero-order valence-electron chi connectivity index (χ0n) is 7.87. The maximum Gasteiger partial charge on any atom is 0.212 e. The molecule has 0 heterocycles. The Kier molecular flexibility index (Phi) is 3.99. The van der Waals surface area contributed by atoms with Crippen LogP contribution in [0.1, 0.15) is 5.56 Å². The van der Waals surface area contributed by atoms with Crippen molar-refractivity contribution in [3.8, 4) is 0 Å². The van der Waals surface area contributed by atoms with Gasteiger partial charge in [0.2, 0.25) is 5.96 Å². The Labute approximate surface area is 85.4 Å². The Hall–Kier alpha value is -1.69.